The van der Waals surface area contributed by atoms with Crippen molar-refractivity contribution in [2.75, 3.05) is 27.2 Å². The Bertz CT molecular complexity index is 578. The van der Waals surface area contributed by atoms with Gasteiger partial charge in [0.15, 0.2) is 5.96 Å². The maximum absolute atomic E-state index is 6.22. The number of nitrogens with two attached hydrogens (primary N) is 1. The molecule has 0 saturated heterocycles. The molecular weight excluding hydrogens is 300 g/mol. The average molecular weight is 330 g/mol. The van der Waals surface area contributed by atoms with Gasteiger partial charge in [0.25, 0.3) is 0 Å². The van der Waals surface area contributed by atoms with Crippen molar-refractivity contribution in [3.05, 3.63) is 29.8 Å². The smallest absolute Gasteiger partial charge is 0.189 e. The zero-order valence-corrected chi connectivity index (χ0v) is 14.9. The summed E-state index contributed by atoms with van der Waals surface area (Å²) in [6.07, 6.45) is 7.23. The summed E-state index contributed by atoms with van der Waals surface area (Å²) in [5.74, 6) is 1.49. The summed E-state index contributed by atoms with van der Waals surface area (Å²) in [5, 5.41) is 3.40. The first kappa shape index (κ1) is 17.1. The number of nitrogens with one attached hydrogen (secondary N) is 1. The lowest BCUT2D eigenvalue weighted by Gasteiger charge is -2.42. The molecule has 1 aromatic carbocycles. The van der Waals surface area contributed by atoms with Gasteiger partial charge in [0, 0.05) is 17.5 Å². The van der Waals surface area contributed by atoms with Crippen LogP contribution >= 0.6 is 0 Å². The highest BCUT2D eigenvalue weighted by atomic mass is 16.5. The van der Waals surface area contributed by atoms with Crippen molar-refractivity contribution in [2.45, 2.75) is 50.1 Å². The fourth-order valence-corrected chi connectivity index (χ4v) is 3.91. The Hall–Kier alpha value is -1.75. The zero-order chi connectivity index (χ0) is 17.0. The number of nitrogens with zero attached hydrogens (tertiary/aromatic N) is 2. The van der Waals surface area contributed by atoms with Gasteiger partial charge in [-0.3, -0.25) is 4.99 Å². The van der Waals surface area contributed by atoms with Crippen molar-refractivity contribution in [3.63, 3.8) is 0 Å². The van der Waals surface area contributed by atoms with Gasteiger partial charge in [-0.05, 0) is 33.0 Å². The summed E-state index contributed by atoms with van der Waals surface area (Å²) in [5.41, 5.74) is 7.55. The van der Waals surface area contributed by atoms with Crippen LogP contribution in [0, 0.1) is 0 Å². The molecule has 1 unspecified atom stereocenters. The fraction of sp³-hybridized carbons (Fsp3) is 0.632. The summed E-state index contributed by atoms with van der Waals surface area (Å²) in [6.45, 7) is 1.48. The van der Waals surface area contributed by atoms with Gasteiger partial charge in [0.2, 0.25) is 0 Å². The summed E-state index contributed by atoms with van der Waals surface area (Å²) in [6, 6.07) is 8.34. The number of likely N-dealkylation sites (N-methyl/N-ethyl adjacent to an activating group) is 1. The molecule has 0 bridgehead atoms. The van der Waals surface area contributed by atoms with Crippen LogP contribution in [0.15, 0.2) is 29.3 Å². The first-order chi connectivity index (χ1) is 11.6. The van der Waals surface area contributed by atoms with Crippen LogP contribution in [0.3, 0.4) is 0 Å². The van der Waals surface area contributed by atoms with E-state index >= 15 is 0 Å². The Morgan fingerprint density at radius 3 is 2.79 bits per heavy atom. The summed E-state index contributed by atoms with van der Waals surface area (Å²) >= 11 is 0. The molecule has 1 aromatic rings. The third kappa shape index (κ3) is 3.66. The largest absolute Gasteiger partial charge is 0.493 e. The number of hydrogen-bond acceptors (Lipinski definition) is 3. The van der Waals surface area contributed by atoms with E-state index in [1.807, 2.05) is 18.2 Å². The average Bonchev–Trinajstić information content (AvgIpc) is 2.61. The van der Waals surface area contributed by atoms with Crippen LogP contribution in [0.5, 0.6) is 5.75 Å². The number of fused-ring (bicyclic) bond motifs is 1. The van der Waals surface area contributed by atoms with Crippen molar-refractivity contribution in [1.29, 1.82) is 0 Å². The van der Waals surface area contributed by atoms with Crippen molar-refractivity contribution in [2.24, 2.45) is 10.7 Å². The number of ether oxygens (including phenoxy) is 1. The molecule has 0 radical (unpaired) electrons. The van der Waals surface area contributed by atoms with Gasteiger partial charge in [0.1, 0.15) is 5.75 Å². The van der Waals surface area contributed by atoms with Crippen LogP contribution < -0.4 is 15.8 Å². The van der Waals surface area contributed by atoms with Gasteiger partial charge in [0.05, 0.1) is 19.2 Å². The summed E-state index contributed by atoms with van der Waals surface area (Å²) < 4.78 is 5.71. The molecule has 3 rings (SSSR count). The summed E-state index contributed by atoms with van der Waals surface area (Å²) in [4.78, 5) is 7.05. The zero-order valence-electron chi connectivity index (χ0n) is 14.9. The summed E-state index contributed by atoms with van der Waals surface area (Å²) in [7, 11) is 4.33. The van der Waals surface area contributed by atoms with E-state index in [0.717, 1.165) is 18.7 Å². The van der Waals surface area contributed by atoms with E-state index in [1.54, 1.807) is 0 Å². The SMILES string of the molecule is CN(C)C1(CN=C(N)NC2CCOc3ccccc32)CCCCC1. The highest BCUT2D eigenvalue weighted by Gasteiger charge is 2.34. The van der Waals surface area contributed by atoms with Gasteiger partial charge in [-0.1, -0.05) is 37.5 Å². The molecule has 3 N–H and O–H groups in total. The standard InChI is InChI=1S/C19H30N4O/c1-23(2)19(11-6-3-7-12-19)14-21-18(20)22-16-10-13-24-17-9-5-4-8-15(16)17/h4-5,8-9,16H,3,6-7,10-14H2,1-2H3,(H3,20,21,22). The van der Waals surface area contributed by atoms with Crippen LogP contribution in [0.4, 0.5) is 0 Å². The van der Waals surface area contributed by atoms with E-state index in [2.05, 4.69) is 30.4 Å². The van der Waals surface area contributed by atoms with E-state index in [1.165, 1.54) is 37.7 Å². The lowest BCUT2D eigenvalue weighted by atomic mass is 9.81. The molecule has 1 atom stereocenters. The maximum atomic E-state index is 6.22. The van der Waals surface area contributed by atoms with Crippen LogP contribution in [-0.4, -0.2) is 43.6 Å². The number of aliphatic imine (C=N–C) groups is 1. The predicted octanol–water partition coefficient (Wildman–Crippen LogP) is 2.68. The molecule has 1 heterocycles. The molecule has 0 aromatic heterocycles. The molecule has 24 heavy (non-hydrogen) atoms. The molecule has 1 aliphatic carbocycles. The Balaban J connectivity index is 1.66. The van der Waals surface area contributed by atoms with Crippen LogP contribution in [-0.2, 0) is 0 Å². The van der Waals surface area contributed by atoms with E-state index < -0.39 is 0 Å². The van der Waals surface area contributed by atoms with E-state index in [9.17, 15) is 0 Å². The second-order valence-electron chi connectivity index (χ2n) is 7.25. The number of benzene rings is 1. The molecule has 5 heteroatoms. The minimum absolute atomic E-state index is 0.165. The Labute approximate surface area is 145 Å². The quantitative estimate of drug-likeness (QED) is 0.658. The van der Waals surface area contributed by atoms with Crippen LogP contribution in [0.25, 0.3) is 0 Å². The van der Waals surface area contributed by atoms with Gasteiger partial charge in [-0.2, -0.15) is 0 Å². The number of guanidine groups is 1. The third-order valence-electron chi connectivity index (χ3n) is 5.56. The van der Waals surface area contributed by atoms with E-state index in [4.69, 9.17) is 15.5 Å². The van der Waals surface area contributed by atoms with Crippen molar-refractivity contribution >= 4 is 5.96 Å². The number of para-hydroxylation sites is 1. The van der Waals surface area contributed by atoms with Crippen molar-refractivity contribution < 1.29 is 4.74 Å². The lowest BCUT2D eigenvalue weighted by molar-refractivity contribution is 0.109. The molecule has 0 amide bonds. The molecule has 1 fully saturated rings. The van der Waals surface area contributed by atoms with Crippen molar-refractivity contribution in [1.82, 2.24) is 10.2 Å². The molecule has 5 nitrogen and oxygen atoms in total. The Kier molecular flexibility index (Phi) is 5.29. The minimum Gasteiger partial charge on any atom is -0.493 e. The number of rotatable bonds is 4. The first-order valence-corrected chi connectivity index (χ1v) is 9.06. The molecular formula is C19H30N4O. The van der Waals surface area contributed by atoms with Gasteiger partial charge in [-0.15, -0.1) is 0 Å². The molecule has 1 aliphatic heterocycles. The predicted molar refractivity (Wildman–Crippen MR) is 98.4 cm³/mol. The molecule has 1 saturated carbocycles. The molecule has 0 spiro atoms. The highest BCUT2D eigenvalue weighted by Crippen LogP contribution is 2.33. The van der Waals surface area contributed by atoms with Gasteiger partial charge < -0.3 is 20.7 Å². The van der Waals surface area contributed by atoms with Gasteiger partial charge in [-0.25, -0.2) is 0 Å². The minimum atomic E-state index is 0.165. The van der Waals surface area contributed by atoms with Crippen LogP contribution in [0.2, 0.25) is 0 Å². The topological polar surface area (TPSA) is 62.9 Å². The molecule has 132 valence electrons. The van der Waals surface area contributed by atoms with E-state index in [-0.39, 0.29) is 11.6 Å². The van der Waals surface area contributed by atoms with Crippen LogP contribution in [0.1, 0.15) is 50.1 Å². The lowest BCUT2D eigenvalue weighted by Crippen LogP contribution is -2.49. The maximum Gasteiger partial charge on any atom is 0.189 e. The highest BCUT2D eigenvalue weighted by molar-refractivity contribution is 5.78. The molecule has 2 aliphatic rings. The Morgan fingerprint density at radius 2 is 2.04 bits per heavy atom. The fourth-order valence-electron chi connectivity index (χ4n) is 3.91. The van der Waals surface area contributed by atoms with E-state index in [0.29, 0.717) is 12.6 Å². The normalized spacial score (nSPS) is 23.5. The Morgan fingerprint density at radius 1 is 1.29 bits per heavy atom. The number of hydrogen-bond donors (Lipinski definition) is 2. The van der Waals surface area contributed by atoms with Gasteiger partial charge >= 0.3 is 0 Å². The second kappa shape index (κ2) is 7.43. The monoisotopic (exact) mass is 330 g/mol. The second-order valence-corrected chi connectivity index (χ2v) is 7.25. The first-order valence-electron chi connectivity index (χ1n) is 9.06. The third-order valence-corrected chi connectivity index (χ3v) is 5.56. The van der Waals surface area contributed by atoms with Crippen molar-refractivity contribution in [3.8, 4) is 5.75 Å².